The first-order chi connectivity index (χ1) is 13.2. The van der Waals surface area contributed by atoms with Gasteiger partial charge in [-0.15, -0.1) is 0 Å². The third kappa shape index (κ3) is 5.31. The zero-order chi connectivity index (χ0) is 19.1. The molecular weight excluding hydrogens is 338 g/mol. The molecule has 144 valence electrons. The molecule has 2 aromatic carbocycles. The van der Waals surface area contributed by atoms with Crippen molar-refractivity contribution >= 4 is 5.91 Å². The molecule has 5 nitrogen and oxygen atoms in total. The van der Waals surface area contributed by atoms with E-state index in [9.17, 15) is 4.79 Å². The number of amides is 1. The minimum Gasteiger partial charge on any atom is -0.497 e. The second-order valence-electron chi connectivity index (χ2n) is 7.07. The SMILES string of the molecule is COc1cccc(C(=O)NCCCN2CCN(C)CC2c2ccccc2)c1. The van der Waals surface area contributed by atoms with Gasteiger partial charge in [0.25, 0.3) is 5.91 Å². The lowest BCUT2D eigenvalue weighted by Gasteiger charge is -2.40. The maximum atomic E-state index is 12.3. The summed E-state index contributed by atoms with van der Waals surface area (Å²) < 4.78 is 5.18. The van der Waals surface area contributed by atoms with Gasteiger partial charge in [0, 0.05) is 44.3 Å². The number of ether oxygens (including phenoxy) is 1. The fraction of sp³-hybridized carbons (Fsp3) is 0.409. The molecular formula is C22H29N3O2. The number of nitrogens with one attached hydrogen (secondary N) is 1. The topological polar surface area (TPSA) is 44.8 Å². The van der Waals surface area contributed by atoms with E-state index in [1.54, 1.807) is 13.2 Å². The number of benzene rings is 2. The molecule has 0 radical (unpaired) electrons. The van der Waals surface area contributed by atoms with Crippen molar-refractivity contribution in [2.75, 3.05) is 46.9 Å². The highest BCUT2D eigenvalue weighted by atomic mass is 16.5. The Morgan fingerprint density at radius 3 is 2.74 bits per heavy atom. The Balaban J connectivity index is 1.50. The maximum absolute atomic E-state index is 12.3. The van der Waals surface area contributed by atoms with E-state index in [0.29, 0.717) is 23.9 Å². The van der Waals surface area contributed by atoms with Crippen molar-refractivity contribution < 1.29 is 9.53 Å². The smallest absolute Gasteiger partial charge is 0.251 e. The lowest BCUT2D eigenvalue weighted by Crippen LogP contribution is -2.47. The summed E-state index contributed by atoms with van der Waals surface area (Å²) >= 11 is 0. The monoisotopic (exact) mass is 367 g/mol. The van der Waals surface area contributed by atoms with Crippen LogP contribution in [0, 0.1) is 0 Å². The van der Waals surface area contributed by atoms with E-state index in [1.807, 2.05) is 18.2 Å². The molecule has 0 aliphatic carbocycles. The molecule has 1 heterocycles. The van der Waals surface area contributed by atoms with E-state index in [-0.39, 0.29) is 5.91 Å². The molecule has 1 N–H and O–H groups in total. The van der Waals surface area contributed by atoms with Gasteiger partial charge < -0.3 is 15.0 Å². The molecule has 0 spiro atoms. The van der Waals surface area contributed by atoms with E-state index < -0.39 is 0 Å². The molecule has 0 bridgehead atoms. The van der Waals surface area contributed by atoms with Crippen LogP contribution in [0.2, 0.25) is 0 Å². The van der Waals surface area contributed by atoms with Crippen molar-refractivity contribution in [2.45, 2.75) is 12.5 Å². The van der Waals surface area contributed by atoms with Crippen LogP contribution in [0.5, 0.6) is 5.75 Å². The van der Waals surface area contributed by atoms with E-state index in [1.165, 1.54) is 5.56 Å². The summed E-state index contributed by atoms with van der Waals surface area (Å²) in [5, 5.41) is 3.02. The molecule has 5 heteroatoms. The summed E-state index contributed by atoms with van der Waals surface area (Å²) in [7, 11) is 3.79. The standard InChI is InChI=1S/C22H29N3O2/c1-24-14-15-25(21(17-24)18-8-4-3-5-9-18)13-7-12-23-22(26)19-10-6-11-20(16-19)27-2/h3-6,8-11,16,21H,7,12-15,17H2,1-2H3,(H,23,26). The van der Waals surface area contributed by atoms with Crippen LogP contribution in [0.3, 0.4) is 0 Å². The van der Waals surface area contributed by atoms with Crippen molar-refractivity contribution in [3.63, 3.8) is 0 Å². The van der Waals surface area contributed by atoms with Crippen molar-refractivity contribution in [1.82, 2.24) is 15.1 Å². The highest BCUT2D eigenvalue weighted by Gasteiger charge is 2.25. The van der Waals surface area contributed by atoms with Gasteiger partial charge in [0.2, 0.25) is 0 Å². The van der Waals surface area contributed by atoms with Gasteiger partial charge in [0.15, 0.2) is 0 Å². The van der Waals surface area contributed by atoms with Gasteiger partial charge in [-0.25, -0.2) is 0 Å². The number of nitrogens with zero attached hydrogens (tertiary/aromatic N) is 2. The molecule has 1 unspecified atom stereocenters. The summed E-state index contributed by atoms with van der Waals surface area (Å²) in [6, 6.07) is 18.4. The molecule has 0 saturated carbocycles. The quantitative estimate of drug-likeness (QED) is 0.765. The van der Waals surface area contributed by atoms with Crippen LogP contribution in [0.15, 0.2) is 54.6 Å². The fourth-order valence-electron chi connectivity index (χ4n) is 3.57. The first-order valence-corrected chi connectivity index (χ1v) is 9.57. The average Bonchev–Trinajstić information content (AvgIpc) is 2.72. The normalized spacial score (nSPS) is 18.2. The Bertz CT molecular complexity index is 735. The van der Waals surface area contributed by atoms with Gasteiger partial charge in [-0.3, -0.25) is 9.69 Å². The molecule has 1 aliphatic rings. The summed E-state index contributed by atoms with van der Waals surface area (Å²) in [6.45, 7) is 4.83. The Morgan fingerprint density at radius 1 is 1.15 bits per heavy atom. The third-order valence-electron chi connectivity index (χ3n) is 5.12. The van der Waals surface area contributed by atoms with Crippen molar-refractivity contribution in [2.24, 2.45) is 0 Å². The number of rotatable bonds is 7. The minimum absolute atomic E-state index is 0.0492. The number of hydrogen-bond acceptors (Lipinski definition) is 4. The van der Waals surface area contributed by atoms with Gasteiger partial charge >= 0.3 is 0 Å². The van der Waals surface area contributed by atoms with Crippen LogP contribution in [-0.2, 0) is 0 Å². The number of carbonyl (C=O) groups excluding carboxylic acids is 1. The lowest BCUT2D eigenvalue weighted by atomic mass is 10.0. The molecule has 27 heavy (non-hydrogen) atoms. The predicted molar refractivity (Wildman–Crippen MR) is 108 cm³/mol. The molecule has 1 fully saturated rings. The summed E-state index contributed by atoms with van der Waals surface area (Å²) in [4.78, 5) is 17.2. The van der Waals surface area contributed by atoms with Crippen molar-refractivity contribution in [3.8, 4) is 5.75 Å². The maximum Gasteiger partial charge on any atom is 0.251 e. The molecule has 1 amide bonds. The number of piperazine rings is 1. The number of hydrogen-bond donors (Lipinski definition) is 1. The molecule has 2 aromatic rings. The van der Waals surface area contributed by atoms with E-state index in [2.05, 4.69) is 52.5 Å². The van der Waals surface area contributed by atoms with E-state index in [4.69, 9.17) is 4.74 Å². The Hall–Kier alpha value is -2.37. The number of likely N-dealkylation sites (N-methyl/N-ethyl adjacent to an activating group) is 1. The van der Waals surface area contributed by atoms with Crippen LogP contribution in [-0.4, -0.2) is 62.6 Å². The lowest BCUT2D eigenvalue weighted by molar-refractivity contribution is 0.0865. The number of carbonyl (C=O) groups is 1. The van der Waals surface area contributed by atoms with Gasteiger partial charge in [-0.2, -0.15) is 0 Å². The van der Waals surface area contributed by atoms with Gasteiger partial charge in [-0.1, -0.05) is 36.4 Å². The van der Waals surface area contributed by atoms with Crippen molar-refractivity contribution in [3.05, 3.63) is 65.7 Å². The average molecular weight is 367 g/mol. The van der Waals surface area contributed by atoms with Gasteiger partial charge in [0.1, 0.15) is 5.75 Å². The Kier molecular flexibility index (Phi) is 6.85. The van der Waals surface area contributed by atoms with Crippen LogP contribution in [0.4, 0.5) is 0 Å². The van der Waals surface area contributed by atoms with Crippen molar-refractivity contribution in [1.29, 1.82) is 0 Å². The summed E-state index contributed by atoms with van der Waals surface area (Å²) in [5.41, 5.74) is 2.00. The molecule has 3 rings (SSSR count). The van der Waals surface area contributed by atoms with E-state index >= 15 is 0 Å². The summed E-state index contributed by atoms with van der Waals surface area (Å²) in [6.07, 6.45) is 0.933. The van der Waals surface area contributed by atoms with Gasteiger partial charge in [-0.05, 0) is 37.2 Å². The summed E-state index contributed by atoms with van der Waals surface area (Å²) in [5.74, 6) is 0.651. The van der Waals surface area contributed by atoms with E-state index in [0.717, 1.165) is 32.6 Å². The second kappa shape index (κ2) is 9.53. The Morgan fingerprint density at radius 2 is 1.96 bits per heavy atom. The van der Waals surface area contributed by atoms with Crippen LogP contribution in [0.1, 0.15) is 28.4 Å². The van der Waals surface area contributed by atoms with Crippen LogP contribution >= 0.6 is 0 Å². The highest BCUT2D eigenvalue weighted by Crippen LogP contribution is 2.24. The largest absolute Gasteiger partial charge is 0.497 e. The first-order valence-electron chi connectivity index (χ1n) is 9.57. The zero-order valence-corrected chi connectivity index (χ0v) is 16.2. The zero-order valence-electron chi connectivity index (χ0n) is 16.2. The van der Waals surface area contributed by atoms with Gasteiger partial charge in [0.05, 0.1) is 7.11 Å². The number of methoxy groups -OCH3 is 1. The van der Waals surface area contributed by atoms with Crippen LogP contribution < -0.4 is 10.1 Å². The Labute approximate surface area is 161 Å². The molecule has 1 atom stereocenters. The third-order valence-corrected chi connectivity index (χ3v) is 5.12. The minimum atomic E-state index is -0.0492. The molecule has 1 saturated heterocycles. The van der Waals surface area contributed by atoms with Crippen LogP contribution in [0.25, 0.3) is 0 Å². The first kappa shape index (κ1) is 19.4. The fourth-order valence-corrected chi connectivity index (χ4v) is 3.57. The molecule has 0 aromatic heterocycles. The molecule has 1 aliphatic heterocycles. The second-order valence-corrected chi connectivity index (χ2v) is 7.07. The highest BCUT2D eigenvalue weighted by molar-refractivity contribution is 5.94. The predicted octanol–water partition coefficient (Wildman–Crippen LogP) is 2.80.